The van der Waals surface area contributed by atoms with Gasteiger partial charge < -0.3 is 5.32 Å². The first kappa shape index (κ1) is 24.6. The highest BCUT2D eigenvalue weighted by molar-refractivity contribution is 7.91. The maximum atomic E-state index is 13.7. The van der Waals surface area contributed by atoms with Gasteiger partial charge in [-0.15, -0.1) is 0 Å². The molecule has 1 amide bonds. The van der Waals surface area contributed by atoms with Crippen molar-refractivity contribution in [2.75, 3.05) is 23.4 Å². The monoisotopic (exact) mass is 495 g/mol. The summed E-state index contributed by atoms with van der Waals surface area (Å²) in [6.07, 6.45) is 0.455. The number of nitriles is 1. The fourth-order valence-corrected chi connectivity index (χ4v) is 5.94. The highest BCUT2D eigenvalue weighted by atomic mass is 32.2. The number of nitrogens with one attached hydrogen (secondary N) is 1. The predicted octanol–water partition coefficient (Wildman–Crippen LogP) is 3.20. The zero-order chi connectivity index (χ0) is 25.0. The Morgan fingerprint density at radius 2 is 1.94 bits per heavy atom. The van der Waals surface area contributed by atoms with Gasteiger partial charge in [-0.1, -0.05) is 24.3 Å². The molecule has 1 fully saturated rings. The number of hydrogen-bond donors (Lipinski definition) is 1. The number of carbonyl (C=O) groups is 1. The summed E-state index contributed by atoms with van der Waals surface area (Å²) in [6, 6.07) is 16.8. The first-order valence-electron chi connectivity index (χ1n) is 11.2. The normalized spacial score (nSPS) is 16.8. The molecule has 8 nitrogen and oxygen atoms in total. The third-order valence-corrected chi connectivity index (χ3v) is 7.58. The van der Waals surface area contributed by atoms with Crippen LogP contribution in [0.1, 0.15) is 34.8 Å². The van der Waals surface area contributed by atoms with Crippen LogP contribution in [0.3, 0.4) is 0 Å². The summed E-state index contributed by atoms with van der Waals surface area (Å²) < 4.78 is 39.2. The Bertz CT molecular complexity index is 1360. The zero-order valence-corrected chi connectivity index (χ0v) is 20.1. The molecule has 0 radical (unpaired) electrons. The molecular formula is C25H26FN5O3S. The van der Waals surface area contributed by atoms with Crippen LogP contribution in [-0.2, 0) is 27.7 Å². The van der Waals surface area contributed by atoms with Gasteiger partial charge >= 0.3 is 0 Å². The third-order valence-electron chi connectivity index (χ3n) is 5.83. The van der Waals surface area contributed by atoms with Crippen LogP contribution < -0.4 is 5.32 Å². The van der Waals surface area contributed by atoms with Crippen molar-refractivity contribution in [2.45, 2.75) is 32.5 Å². The zero-order valence-electron chi connectivity index (χ0n) is 19.3. The Morgan fingerprint density at radius 1 is 1.20 bits per heavy atom. The van der Waals surface area contributed by atoms with E-state index in [1.165, 1.54) is 12.1 Å². The minimum absolute atomic E-state index is 0.00137. The largest absolute Gasteiger partial charge is 0.310 e. The Hall–Kier alpha value is -3.55. The van der Waals surface area contributed by atoms with Crippen molar-refractivity contribution >= 4 is 21.6 Å². The molecule has 35 heavy (non-hydrogen) atoms. The Labute approximate surface area is 203 Å². The van der Waals surface area contributed by atoms with Crippen molar-refractivity contribution in [1.82, 2.24) is 14.7 Å². The average Bonchev–Trinajstić information content (AvgIpc) is 3.35. The molecule has 0 saturated carbocycles. The summed E-state index contributed by atoms with van der Waals surface area (Å²) in [6.45, 7) is 2.56. The maximum Gasteiger partial charge on any atom is 0.239 e. The van der Waals surface area contributed by atoms with Crippen molar-refractivity contribution in [1.29, 1.82) is 5.26 Å². The van der Waals surface area contributed by atoms with Gasteiger partial charge in [0.1, 0.15) is 11.6 Å². The van der Waals surface area contributed by atoms with Crippen LogP contribution in [0.15, 0.2) is 54.6 Å². The second-order valence-electron chi connectivity index (χ2n) is 8.80. The van der Waals surface area contributed by atoms with Gasteiger partial charge in [-0.3, -0.25) is 9.69 Å². The SMILES string of the molecule is Cc1cc(NC(=O)CN(Cc2ccc(C#N)cc2)Cc2cccc(F)c2)n(C2CCS(=O)(=O)C2)n1. The van der Waals surface area contributed by atoms with E-state index in [4.69, 9.17) is 5.26 Å². The van der Waals surface area contributed by atoms with E-state index in [0.29, 0.717) is 36.6 Å². The summed E-state index contributed by atoms with van der Waals surface area (Å²) in [5, 5.41) is 16.3. The maximum absolute atomic E-state index is 13.7. The van der Waals surface area contributed by atoms with Gasteiger partial charge in [0.25, 0.3) is 0 Å². The lowest BCUT2D eigenvalue weighted by atomic mass is 10.1. The molecule has 1 aliphatic rings. The molecule has 1 atom stereocenters. The summed E-state index contributed by atoms with van der Waals surface area (Å²) in [5.41, 5.74) is 2.85. The van der Waals surface area contributed by atoms with E-state index in [2.05, 4.69) is 16.5 Å². The van der Waals surface area contributed by atoms with Crippen LogP contribution in [0.5, 0.6) is 0 Å². The fraction of sp³-hybridized carbons (Fsp3) is 0.320. The highest BCUT2D eigenvalue weighted by Gasteiger charge is 2.31. The number of amides is 1. The summed E-state index contributed by atoms with van der Waals surface area (Å²) in [4.78, 5) is 14.9. The molecule has 1 unspecified atom stereocenters. The van der Waals surface area contributed by atoms with Crippen molar-refractivity contribution < 1.29 is 17.6 Å². The van der Waals surface area contributed by atoms with Crippen LogP contribution in [0.25, 0.3) is 0 Å². The van der Waals surface area contributed by atoms with E-state index in [0.717, 1.165) is 11.1 Å². The molecule has 2 heterocycles. The number of hydrogen-bond acceptors (Lipinski definition) is 6. The van der Waals surface area contributed by atoms with Gasteiger partial charge in [0.15, 0.2) is 9.84 Å². The molecule has 4 rings (SSSR count). The van der Waals surface area contributed by atoms with Crippen molar-refractivity contribution in [3.8, 4) is 6.07 Å². The third kappa shape index (κ3) is 6.53. The van der Waals surface area contributed by atoms with Gasteiger partial charge in [0.2, 0.25) is 5.91 Å². The number of rotatable bonds is 8. The number of anilines is 1. The second kappa shape index (κ2) is 10.4. The molecule has 3 aromatic rings. The minimum Gasteiger partial charge on any atom is -0.310 e. The van der Waals surface area contributed by atoms with E-state index in [-0.39, 0.29) is 35.8 Å². The summed E-state index contributed by atoms with van der Waals surface area (Å²) >= 11 is 0. The van der Waals surface area contributed by atoms with E-state index >= 15 is 0 Å². The van der Waals surface area contributed by atoms with Crippen LogP contribution in [0.2, 0.25) is 0 Å². The highest BCUT2D eigenvalue weighted by Crippen LogP contribution is 2.27. The van der Waals surface area contributed by atoms with Crippen molar-refractivity contribution in [3.05, 3.63) is 82.8 Å². The van der Waals surface area contributed by atoms with Crippen LogP contribution >= 0.6 is 0 Å². The van der Waals surface area contributed by atoms with E-state index in [1.807, 2.05) is 17.0 Å². The molecule has 182 valence electrons. The minimum atomic E-state index is -3.11. The van der Waals surface area contributed by atoms with Crippen LogP contribution in [0.4, 0.5) is 10.2 Å². The van der Waals surface area contributed by atoms with Crippen LogP contribution in [-0.4, -0.2) is 47.1 Å². The molecule has 2 aromatic carbocycles. The lowest BCUT2D eigenvalue weighted by Gasteiger charge is -2.22. The Morgan fingerprint density at radius 3 is 2.60 bits per heavy atom. The van der Waals surface area contributed by atoms with Crippen molar-refractivity contribution in [3.63, 3.8) is 0 Å². The van der Waals surface area contributed by atoms with Gasteiger partial charge in [0.05, 0.1) is 41.4 Å². The molecule has 1 aliphatic heterocycles. The van der Waals surface area contributed by atoms with E-state index in [1.54, 1.807) is 41.9 Å². The molecule has 1 N–H and O–H groups in total. The first-order chi connectivity index (χ1) is 16.7. The van der Waals surface area contributed by atoms with Gasteiger partial charge in [-0.2, -0.15) is 10.4 Å². The molecule has 1 saturated heterocycles. The summed E-state index contributed by atoms with van der Waals surface area (Å²) in [5.74, 6) is -0.0796. The fourth-order valence-electron chi connectivity index (χ4n) is 4.25. The number of aromatic nitrogens is 2. The number of sulfone groups is 1. The molecule has 0 bridgehead atoms. The smallest absolute Gasteiger partial charge is 0.239 e. The molecular weight excluding hydrogens is 469 g/mol. The summed E-state index contributed by atoms with van der Waals surface area (Å²) in [7, 11) is -3.11. The lowest BCUT2D eigenvalue weighted by molar-refractivity contribution is -0.117. The number of nitrogens with zero attached hydrogens (tertiary/aromatic N) is 4. The van der Waals surface area contributed by atoms with Gasteiger partial charge in [0, 0.05) is 19.2 Å². The number of halogens is 1. The number of benzene rings is 2. The Kier molecular flexibility index (Phi) is 7.28. The molecule has 0 aliphatic carbocycles. The standard InChI is InChI=1S/C25H26FN5O3S/c1-18-11-24(31(29-18)23-9-10-35(33,34)17-23)28-25(32)16-30(15-21-3-2-4-22(26)12-21)14-20-7-5-19(13-27)6-8-20/h2-8,11-12,23H,9-10,14-17H2,1H3,(H,28,32). The first-order valence-corrected chi connectivity index (χ1v) is 13.1. The van der Waals surface area contributed by atoms with Gasteiger partial charge in [-0.05, 0) is 48.7 Å². The van der Waals surface area contributed by atoms with E-state index < -0.39 is 9.84 Å². The Balaban J connectivity index is 1.50. The second-order valence-corrected chi connectivity index (χ2v) is 11.0. The molecule has 1 aromatic heterocycles. The molecule has 0 spiro atoms. The molecule has 10 heteroatoms. The number of carbonyl (C=O) groups excluding carboxylic acids is 1. The van der Waals surface area contributed by atoms with Gasteiger partial charge in [-0.25, -0.2) is 17.5 Å². The number of aryl methyl sites for hydroxylation is 1. The van der Waals surface area contributed by atoms with E-state index in [9.17, 15) is 17.6 Å². The van der Waals surface area contributed by atoms with Crippen molar-refractivity contribution in [2.24, 2.45) is 0 Å². The lowest BCUT2D eigenvalue weighted by Crippen LogP contribution is -2.33. The average molecular weight is 496 g/mol. The quantitative estimate of drug-likeness (QED) is 0.514. The topological polar surface area (TPSA) is 108 Å². The van der Waals surface area contributed by atoms with Crippen LogP contribution in [0, 0.1) is 24.1 Å². The predicted molar refractivity (Wildman–Crippen MR) is 130 cm³/mol.